The number of rotatable bonds is 16. The van der Waals surface area contributed by atoms with Crippen molar-refractivity contribution in [2.75, 3.05) is 0 Å². The zero-order valence-electron chi connectivity index (χ0n) is 15.4. The predicted molar refractivity (Wildman–Crippen MR) is 103 cm³/mol. The summed E-state index contributed by atoms with van der Waals surface area (Å²) in [6, 6.07) is 0. The van der Waals surface area contributed by atoms with Gasteiger partial charge in [0.25, 0.3) is 0 Å². The Kier molecular flexibility index (Phi) is 19.5. The lowest BCUT2D eigenvalue weighted by molar-refractivity contribution is 0.693. The summed E-state index contributed by atoms with van der Waals surface area (Å²) in [6.07, 6.45) is 32.5. The molecule has 0 unspecified atom stereocenters. The van der Waals surface area contributed by atoms with E-state index in [9.17, 15) is 0 Å². The molecule has 0 bridgehead atoms. The van der Waals surface area contributed by atoms with E-state index in [4.69, 9.17) is 0 Å². The second kappa shape index (κ2) is 20.2. The van der Waals surface area contributed by atoms with Gasteiger partial charge in [-0.15, -0.1) is 0 Å². The van der Waals surface area contributed by atoms with Crippen molar-refractivity contribution < 1.29 is 0 Å². The molecule has 0 aliphatic carbocycles. The Morgan fingerprint density at radius 3 is 1.05 bits per heavy atom. The van der Waals surface area contributed by atoms with Crippen molar-refractivity contribution in [2.45, 2.75) is 104 Å². The van der Waals surface area contributed by atoms with Crippen LogP contribution in [0.4, 0.5) is 0 Å². The first kappa shape index (κ1) is 21.2. The summed E-state index contributed by atoms with van der Waals surface area (Å²) in [7, 11) is 0. The van der Waals surface area contributed by atoms with Gasteiger partial charge in [0, 0.05) is 0 Å². The third-order valence-electron chi connectivity index (χ3n) is 3.93. The third-order valence-corrected chi connectivity index (χ3v) is 3.93. The van der Waals surface area contributed by atoms with Gasteiger partial charge in [-0.1, -0.05) is 82.4 Å². The van der Waals surface area contributed by atoms with Crippen LogP contribution in [-0.2, 0) is 0 Å². The summed E-state index contributed by atoms with van der Waals surface area (Å²) in [6.45, 7) is 4.51. The van der Waals surface area contributed by atoms with Crippen LogP contribution in [0.5, 0.6) is 0 Å². The predicted octanol–water partition coefficient (Wildman–Crippen LogP) is 8.16. The van der Waals surface area contributed by atoms with Gasteiger partial charge >= 0.3 is 0 Å². The van der Waals surface area contributed by atoms with Crippen molar-refractivity contribution in [1.29, 1.82) is 0 Å². The summed E-state index contributed by atoms with van der Waals surface area (Å²) in [5, 5.41) is 0. The van der Waals surface area contributed by atoms with Crippen LogP contribution in [0.1, 0.15) is 104 Å². The molecule has 0 aliphatic rings. The molecule has 0 atom stereocenters. The standard InChI is InChI=1S/C22H40/c1-3-5-7-9-11-13-15-17-19-21-22-20-18-16-14-12-10-8-6-4-2/h9-12,19,21H,3-8,13-18,20,22H2,1-2H3/b11-9+,12-10+,21-19+. The minimum atomic E-state index is 1.25. The van der Waals surface area contributed by atoms with Gasteiger partial charge in [-0.2, -0.15) is 0 Å². The summed E-state index contributed by atoms with van der Waals surface area (Å²) in [5.41, 5.74) is 0. The van der Waals surface area contributed by atoms with Crippen LogP contribution in [0.3, 0.4) is 0 Å². The van der Waals surface area contributed by atoms with Crippen LogP contribution in [-0.4, -0.2) is 0 Å². The number of hydrogen-bond acceptors (Lipinski definition) is 0. The first-order valence-corrected chi connectivity index (χ1v) is 9.86. The molecule has 0 aromatic carbocycles. The molecule has 0 heteroatoms. The Labute approximate surface area is 140 Å². The zero-order valence-corrected chi connectivity index (χ0v) is 15.4. The van der Waals surface area contributed by atoms with E-state index in [1.54, 1.807) is 0 Å². The van der Waals surface area contributed by atoms with Gasteiger partial charge in [0.1, 0.15) is 0 Å². The van der Waals surface area contributed by atoms with Gasteiger partial charge in [-0.25, -0.2) is 0 Å². The Hall–Kier alpha value is -0.780. The van der Waals surface area contributed by atoms with Crippen molar-refractivity contribution in [3.05, 3.63) is 36.5 Å². The highest BCUT2D eigenvalue weighted by Gasteiger charge is 1.87. The third kappa shape index (κ3) is 19.2. The van der Waals surface area contributed by atoms with Crippen molar-refractivity contribution in [3.8, 4) is 0 Å². The Bertz CT molecular complexity index is 270. The van der Waals surface area contributed by atoms with E-state index in [1.165, 1.54) is 89.9 Å². The normalized spacial score (nSPS) is 12.3. The molecule has 0 amide bonds. The van der Waals surface area contributed by atoms with Crippen LogP contribution < -0.4 is 0 Å². The largest absolute Gasteiger partial charge is 0.0885 e. The molecule has 0 saturated carbocycles. The average molecular weight is 305 g/mol. The molecule has 0 rings (SSSR count). The molecular weight excluding hydrogens is 264 g/mol. The molecule has 0 spiro atoms. The Balaban J connectivity index is 3.17. The molecule has 0 aromatic rings. The van der Waals surface area contributed by atoms with Gasteiger partial charge < -0.3 is 0 Å². The molecule has 0 nitrogen and oxygen atoms in total. The topological polar surface area (TPSA) is 0 Å². The highest BCUT2D eigenvalue weighted by atomic mass is 13.9. The van der Waals surface area contributed by atoms with Crippen molar-refractivity contribution in [2.24, 2.45) is 0 Å². The number of unbranched alkanes of at least 4 members (excludes halogenated alkanes) is 10. The minimum absolute atomic E-state index is 1.25. The molecule has 0 aromatic heterocycles. The molecular formula is C22H40. The fourth-order valence-corrected chi connectivity index (χ4v) is 2.41. The maximum Gasteiger partial charge on any atom is -0.0348 e. The smallest absolute Gasteiger partial charge is 0.0348 e. The first-order chi connectivity index (χ1) is 10.9. The van der Waals surface area contributed by atoms with Gasteiger partial charge in [0.05, 0.1) is 0 Å². The molecule has 0 heterocycles. The van der Waals surface area contributed by atoms with Crippen LogP contribution in [0.15, 0.2) is 36.5 Å². The van der Waals surface area contributed by atoms with Crippen LogP contribution in [0.25, 0.3) is 0 Å². The van der Waals surface area contributed by atoms with Gasteiger partial charge in [0.15, 0.2) is 0 Å². The fraction of sp³-hybridized carbons (Fsp3) is 0.727. The molecule has 0 radical (unpaired) electrons. The highest BCUT2D eigenvalue weighted by Crippen LogP contribution is 2.07. The Morgan fingerprint density at radius 1 is 0.364 bits per heavy atom. The van der Waals surface area contributed by atoms with Crippen LogP contribution in [0.2, 0.25) is 0 Å². The second-order valence-corrected chi connectivity index (χ2v) is 6.27. The lowest BCUT2D eigenvalue weighted by atomic mass is 10.1. The minimum Gasteiger partial charge on any atom is -0.0885 e. The summed E-state index contributed by atoms with van der Waals surface area (Å²) < 4.78 is 0. The average Bonchev–Trinajstić information content (AvgIpc) is 2.54. The first-order valence-electron chi connectivity index (χ1n) is 9.86. The molecule has 0 fully saturated rings. The van der Waals surface area contributed by atoms with Gasteiger partial charge in [-0.05, 0) is 57.8 Å². The number of allylic oxidation sites excluding steroid dienone is 6. The second-order valence-electron chi connectivity index (χ2n) is 6.27. The maximum atomic E-state index is 2.39. The lowest BCUT2D eigenvalue weighted by Crippen LogP contribution is -1.76. The molecule has 22 heavy (non-hydrogen) atoms. The van der Waals surface area contributed by atoms with E-state index in [2.05, 4.69) is 50.3 Å². The summed E-state index contributed by atoms with van der Waals surface area (Å²) in [4.78, 5) is 0. The highest BCUT2D eigenvalue weighted by molar-refractivity contribution is 4.85. The van der Waals surface area contributed by atoms with E-state index in [-0.39, 0.29) is 0 Å². The SMILES string of the molecule is CCCC/C=C/CCC/C=C/CCCCC/C=C/CCCC. The number of hydrogen-bond donors (Lipinski definition) is 0. The quantitative estimate of drug-likeness (QED) is 0.199. The zero-order chi connectivity index (χ0) is 16.1. The van der Waals surface area contributed by atoms with Crippen LogP contribution in [0, 0.1) is 0 Å². The molecule has 0 N–H and O–H groups in total. The summed E-state index contributed by atoms with van der Waals surface area (Å²) in [5.74, 6) is 0. The van der Waals surface area contributed by atoms with Crippen molar-refractivity contribution in [3.63, 3.8) is 0 Å². The lowest BCUT2D eigenvalue weighted by Gasteiger charge is -1.96. The van der Waals surface area contributed by atoms with Crippen molar-refractivity contribution in [1.82, 2.24) is 0 Å². The molecule has 0 aliphatic heterocycles. The van der Waals surface area contributed by atoms with Crippen LogP contribution >= 0.6 is 0 Å². The Morgan fingerprint density at radius 2 is 0.682 bits per heavy atom. The van der Waals surface area contributed by atoms with E-state index >= 15 is 0 Å². The van der Waals surface area contributed by atoms with Crippen molar-refractivity contribution >= 4 is 0 Å². The van der Waals surface area contributed by atoms with E-state index in [0.717, 1.165) is 0 Å². The van der Waals surface area contributed by atoms with Gasteiger partial charge in [-0.3, -0.25) is 0 Å². The molecule has 128 valence electrons. The van der Waals surface area contributed by atoms with E-state index < -0.39 is 0 Å². The monoisotopic (exact) mass is 304 g/mol. The van der Waals surface area contributed by atoms with E-state index in [0.29, 0.717) is 0 Å². The maximum absolute atomic E-state index is 2.39. The molecule has 0 saturated heterocycles. The summed E-state index contributed by atoms with van der Waals surface area (Å²) >= 11 is 0. The van der Waals surface area contributed by atoms with E-state index in [1.807, 2.05) is 0 Å². The fourth-order valence-electron chi connectivity index (χ4n) is 2.41. The van der Waals surface area contributed by atoms with Gasteiger partial charge in [0.2, 0.25) is 0 Å².